The Balaban J connectivity index is 1.43. The maximum absolute atomic E-state index is 12.2. The SMILES string of the molecule is COC(=O)C1=COC(OC2OC(COC(=O)C=Cc3ccc(O)cc3)C(O)C(O)C2O)C2C(CO)=CC(O)C12. The average Bonchev–Trinajstić information content (AvgIpc) is 3.28. The fourth-order valence-corrected chi connectivity index (χ4v) is 4.74. The highest BCUT2D eigenvalue weighted by Crippen LogP contribution is 2.44. The summed E-state index contributed by atoms with van der Waals surface area (Å²) in [6.45, 7) is -0.990. The van der Waals surface area contributed by atoms with E-state index in [1.165, 1.54) is 24.3 Å². The molecule has 1 saturated heterocycles. The first-order valence-corrected chi connectivity index (χ1v) is 12.1. The second-order valence-corrected chi connectivity index (χ2v) is 9.22. The largest absolute Gasteiger partial charge is 0.508 e. The van der Waals surface area contributed by atoms with E-state index in [0.717, 1.165) is 19.4 Å². The second kappa shape index (κ2) is 12.3. The van der Waals surface area contributed by atoms with Gasteiger partial charge in [0.15, 0.2) is 6.29 Å². The molecule has 0 saturated carbocycles. The van der Waals surface area contributed by atoms with Crippen molar-refractivity contribution in [3.63, 3.8) is 0 Å². The molecule has 0 spiro atoms. The van der Waals surface area contributed by atoms with Crippen molar-refractivity contribution in [2.24, 2.45) is 11.8 Å². The van der Waals surface area contributed by atoms with Gasteiger partial charge in [0.05, 0.1) is 37.6 Å². The lowest BCUT2D eigenvalue weighted by atomic mass is 9.82. The molecule has 2 aliphatic heterocycles. The lowest BCUT2D eigenvalue weighted by molar-refractivity contribution is -0.340. The van der Waals surface area contributed by atoms with E-state index >= 15 is 0 Å². The summed E-state index contributed by atoms with van der Waals surface area (Å²) in [5, 5.41) is 60.9. The van der Waals surface area contributed by atoms with Crippen molar-refractivity contribution in [3.8, 4) is 5.75 Å². The van der Waals surface area contributed by atoms with Crippen LogP contribution in [-0.2, 0) is 33.3 Å². The van der Waals surface area contributed by atoms with Gasteiger partial charge in [-0.1, -0.05) is 18.2 Å². The summed E-state index contributed by atoms with van der Waals surface area (Å²) < 4.78 is 26.8. The van der Waals surface area contributed by atoms with E-state index in [1.807, 2.05) is 0 Å². The Hall–Kier alpha value is -3.30. The molecule has 1 aromatic carbocycles. The van der Waals surface area contributed by atoms with Crippen LogP contribution >= 0.6 is 0 Å². The minimum Gasteiger partial charge on any atom is -0.508 e. The number of carbonyl (C=O) groups excluding carboxylic acids is 2. The fourth-order valence-electron chi connectivity index (χ4n) is 4.74. The number of benzene rings is 1. The molecule has 2 heterocycles. The highest BCUT2D eigenvalue weighted by Gasteiger charge is 2.52. The Kier molecular flexibility index (Phi) is 9.02. The predicted octanol–water partition coefficient (Wildman–Crippen LogP) is -1.29. The van der Waals surface area contributed by atoms with Gasteiger partial charge in [0.2, 0.25) is 6.29 Å². The monoisotopic (exact) mass is 550 g/mol. The number of phenols is 1. The molecule has 9 unspecified atom stereocenters. The number of ether oxygens (including phenoxy) is 5. The van der Waals surface area contributed by atoms with Crippen LogP contribution in [-0.4, -0.2) is 106 Å². The van der Waals surface area contributed by atoms with Gasteiger partial charge < -0.3 is 54.3 Å². The lowest BCUT2D eigenvalue weighted by Gasteiger charge is -2.43. The Morgan fingerprint density at radius 2 is 1.72 bits per heavy atom. The molecule has 13 heteroatoms. The number of fused-ring (bicyclic) bond motifs is 1. The topological polar surface area (TPSA) is 202 Å². The Morgan fingerprint density at radius 1 is 1.00 bits per heavy atom. The van der Waals surface area contributed by atoms with Gasteiger partial charge in [0.25, 0.3) is 0 Å². The third kappa shape index (κ3) is 6.15. The second-order valence-electron chi connectivity index (χ2n) is 9.22. The number of rotatable bonds is 8. The van der Waals surface area contributed by atoms with Crippen LogP contribution in [0.15, 0.2) is 53.8 Å². The van der Waals surface area contributed by atoms with Gasteiger partial charge in [-0.3, -0.25) is 0 Å². The van der Waals surface area contributed by atoms with E-state index in [2.05, 4.69) is 0 Å². The van der Waals surface area contributed by atoms with Crippen molar-refractivity contribution in [2.75, 3.05) is 20.3 Å². The first-order chi connectivity index (χ1) is 18.6. The van der Waals surface area contributed by atoms with Crippen LogP contribution in [0, 0.1) is 11.8 Å². The first-order valence-electron chi connectivity index (χ1n) is 12.1. The van der Waals surface area contributed by atoms with Crippen LogP contribution in [0.3, 0.4) is 0 Å². The van der Waals surface area contributed by atoms with E-state index in [1.54, 1.807) is 12.1 Å². The molecule has 0 bridgehead atoms. The zero-order chi connectivity index (χ0) is 28.3. The third-order valence-electron chi connectivity index (χ3n) is 6.78. The molecule has 0 amide bonds. The van der Waals surface area contributed by atoms with Crippen molar-refractivity contribution in [1.29, 1.82) is 0 Å². The number of hydrogen-bond donors (Lipinski definition) is 6. The fraction of sp³-hybridized carbons (Fsp3) is 0.462. The Labute approximate surface area is 222 Å². The molecule has 13 nitrogen and oxygen atoms in total. The number of hydrogen-bond acceptors (Lipinski definition) is 13. The van der Waals surface area contributed by atoms with Gasteiger partial charge >= 0.3 is 11.9 Å². The van der Waals surface area contributed by atoms with Crippen LogP contribution < -0.4 is 0 Å². The van der Waals surface area contributed by atoms with E-state index in [-0.39, 0.29) is 11.3 Å². The Bertz CT molecular complexity index is 1130. The maximum Gasteiger partial charge on any atom is 0.337 e. The molecule has 9 atom stereocenters. The number of aliphatic hydroxyl groups is 5. The molecule has 1 fully saturated rings. The molecule has 3 aliphatic rings. The van der Waals surface area contributed by atoms with Gasteiger partial charge in [-0.25, -0.2) is 9.59 Å². The van der Waals surface area contributed by atoms with Crippen molar-refractivity contribution in [3.05, 3.63) is 59.4 Å². The van der Waals surface area contributed by atoms with Gasteiger partial charge in [0, 0.05) is 12.0 Å². The van der Waals surface area contributed by atoms with Crippen molar-refractivity contribution in [2.45, 2.75) is 43.1 Å². The molecule has 1 aliphatic carbocycles. The van der Waals surface area contributed by atoms with Crippen LogP contribution in [0.2, 0.25) is 0 Å². The summed E-state index contributed by atoms with van der Waals surface area (Å²) in [7, 11) is 1.16. The van der Waals surface area contributed by atoms with Crippen LogP contribution in [0.5, 0.6) is 5.75 Å². The number of aliphatic hydroxyl groups excluding tert-OH is 5. The number of carbonyl (C=O) groups is 2. The smallest absolute Gasteiger partial charge is 0.337 e. The number of esters is 2. The average molecular weight is 551 g/mol. The quantitative estimate of drug-likeness (QED) is 0.127. The van der Waals surface area contributed by atoms with Crippen LogP contribution in [0.25, 0.3) is 6.08 Å². The van der Waals surface area contributed by atoms with Gasteiger partial charge in [-0.15, -0.1) is 0 Å². The lowest BCUT2D eigenvalue weighted by Crippen LogP contribution is -2.60. The summed E-state index contributed by atoms with van der Waals surface area (Å²) in [4.78, 5) is 24.4. The summed E-state index contributed by atoms with van der Waals surface area (Å²) in [6.07, 6.45) is -5.49. The zero-order valence-electron chi connectivity index (χ0n) is 20.8. The highest BCUT2D eigenvalue weighted by atomic mass is 16.8. The van der Waals surface area contributed by atoms with Crippen LogP contribution in [0.4, 0.5) is 0 Å². The summed E-state index contributed by atoms with van der Waals surface area (Å²) >= 11 is 0. The normalized spacial score (nSPS) is 34.1. The summed E-state index contributed by atoms with van der Waals surface area (Å²) in [5.74, 6) is -3.22. The number of aromatic hydroxyl groups is 1. The Morgan fingerprint density at radius 3 is 2.38 bits per heavy atom. The third-order valence-corrected chi connectivity index (χ3v) is 6.78. The van der Waals surface area contributed by atoms with E-state index < -0.39 is 80.1 Å². The molecule has 0 aromatic heterocycles. The van der Waals surface area contributed by atoms with Crippen LogP contribution in [0.1, 0.15) is 5.56 Å². The first kappa shape index (κ1) is 28.7. The molecular weight excluding hydrogens is 520 g/mol. The number of phenolic OH excluding ortho intramolecular Hbond substituents is 1. The molecule has 212 valence electrons. The maximum atomic E-state index is 12.2. The van der Waals surface area contributed by atoms with E-state index in [9.17, 15) is 40.2 Å². The minimum absolute atomic E-state index is 0.0141. The molecule has 39 heavy (non-hydrogen) atoms. The predicted molar refractivity (Wildman–Crippen MR) is 129 cm³/mol. The van der Waals surface area contributed by atoms with E-state index in [4.69, 9.17) is 23.7 Å². The number of methoxy groups -OCH3 is 1. The van der Waals surface area contributed by atoms with Crippen molar-refractivity contribution >= 4 is 18.0 Å². The minimum atomic E-state index is -1.75. The molecule has 4 rings (SSSR count). The van der Waals surface area contributed by atoms with Gasteiger partial charge in [0.1, 0.15) is 36.8 Å². The highest BCUT2D eigenvalue weighted by molar-refractivity contribution is 5.89. The van der Waals surface area contributed by atoms with Gasteiger partial charge in [-0.05, 0) is 29.3 Å². The van der Waals surface area contributed by atoms with E-state index in [0.29, 0.717) is 11.1 Å². The van der Waals surface area contributed by atoms with Gasteiger partial charge in [-0.2, -0.15) is 0 Å². The standard InChI is InChI=1S/C26H30O13/c1-35-24(34)15-10-37-25(19-13(9-27)8-16(29)20(15)19)39-26-23(33)22(32)21(31)17(38-26)11-36-18(30)7-4-12-2-5-14(28)6-3-12/h2-8,10,16-17,19-23,25-29,31-33H,9,11H2,1H3. The molecule has 0 radical (unpaired) electrons. The summed E-state index contributed by atoms with van der Waals surface area (Å²) in [5.41, 5.74) is 0.943. The molecule has 6 N–H and O–H groups in total. The zero-order valence-corrected chi connectivity index (χ0v) is 20.8. The molecule has 1 aromatic rings. The van der Waals surface area contributed by atoms with Crippen molar-refractivity contribution < 1.29 is 63.9 Å². The molecular formula is C26H30O13. The summed E-state index contributed by atoms with van der Waals surface area (Å²) in [6, 6.07) is 6.04. The van der Waals surface area contributed by atoms with Crippen molar-refractivity contribution in [1.82, 2.24) is 0 Å².